The molecular weight excluding hydrogens is 272 g/mol. The standard InChI is InChI=1S/C15H20N2O4/c1-2-21-15(20)16-9-8-13(19)17-10-4-6-11-5-3-7-12(18)14(11)17/h3,5,7,18H,2,4,6,8-10H2,1H3,(H,16,20). The Bertz CT molecular complexity index is 530. The van der Waals surface area contributed by atoms with E-state index < -0.39 is 6.09 Å². The van der Waals surface area contributed by atoms with Gasteiger partial charge in [-0.3, -0.25) is 4.79 Å². The molecule has 0 unspecified atom stereocenters. The van der Waals surface area contributed by atoms with Crippen molar-refractivity contribution in [1.29, 1.82) is 0 Å². The Balaban J connectivity index is 1.97. The summed E-state index contributed by atoms with van der Waals surface area (Å²) in [6.45, 7) is 2.82. The topological polar surface area (TPSA) is 78.9 Å². The number of nitrogens with one attached hydrogen (secondary N) is 1. The molecule has 0 fully saturated rings. The predicted octanol–water partition coefficient (Wildman–Crippen LogP) is 1.81. The van der Waals surface area contributed by atoms with Gasteiger partial charge in [-0.1, -0.05) is 12.1 Å². The molecule has 6 heteroatoms. The highest BCUT2D eigenvalue weighted by Gasteiger charge is 2.24. The Morgan fingerprint density at radius 2 is 2.24 bits per heavy atom. The second kappa shape index (κ2) is 6.97. The highest BCUT2D eigenvalue weighted by atomic mass is 16.5. The quantitative estimate of drug-likeness (QED) is 0.887. The number of phenols is 1. The maximum absolute atomic E-state index is 12.3. The number of aromatic hydroxyl groups is 1. The lowest BCUT2D eigenvalue weighted by Crippen LogP contribution is -2.38. The summed E-state index contributed by atoms with van der Waals surface area (Å²) >= 11 is 0. The molecule has 1 aromatic rings. The average Bonchev–Trinajstić information content (AvgIpc) is 2.47. The number of rotatable bonds is 4. The molecule has 1 aromatic carbocycles. The molecule has 0 saturated carbocycles. The summed E-state index contributed by atoms with van der Waals surface area (Å²) in [5.74, 6) is 0.00755. The van der Waals surface area contributed by atoms with Crippen molar-refractivity contribution >= 4 is 17.7 Å². The van der Waals surface area contributed by atoms with E-state index in [-0.39, 0.29) is 24.6 Å². The van der Waals surface area contributed by atoms with Gasteiger partial charge in [0.05, 0.1) is 12.3 Å². The zero-order valence-corrected chi connectivity index (χ0v) is 12.1. The van der Waals surface area contributed by atoms with Crippen LogP contribution in [0.4, 0.5) is 10.5 Å². The van der Waals surface area contributed by atoms with Crippen molar-refractivity contribution < 1.29 is 19.4 Å². The number of amides is 2. The molecule has 0 aliphatic carbocycles. The van der Waals surface area contributed by atoms with Crippen molar-refractivity contribution in [2.24, 2.45) is 0 Å². The molecule has 0 spiro atoms. The first kappa shape index (κ1) is 15.2. The van der Waals surface area contributed by atoms with Crippen LogP contribution in [-0.2, 0) is 16.0 Å². The summed E-state index contributed by atoms with van der Waals surface area (Å²) in [5.41, 5.74) is 1.58. The number of ether oxygens (including phenoxy) is 1. The Hall–Kier alpha value is -2.24. The summed E-state index contributed by atoms with van der Waals surface area (Å²) in [4.78, 5) is 25.0. The normalized spacial score (nSPS) is 13.5. The number of carbonyl (C=O) groups is 2. The van der Waals surface area contributed by atoms with Gasteiger partial charge in [-0.05, 0) is 31.4 Å². The minimum atomic E-state index is -0.521. The largest absolute Gasteiger partial charge is 0.506 e. The Morgan fingerprint density at radius 3 is 3.00 bits per heavy atom. The third-order valence-corrected chi connectivity index (χ3v) is 3.38. The van der Waals surface area contributed by atoms with Crippen LogP contribution in [0.2, 0.25) is 0 Å². The number of anilines is 1. The summed E-state index contributed by atoms with van der Waals surface area (Å²) in [7, 11) is 0. The molecule has 114 valence electrons. The third-order valence-electron chi connectivity index (χ3n) is 3.38. The van der Waals surface area contributed by atoms with Crippen molar-refractivity contribution in [2.45, 2.75) is 26.2 Å². The van der Waals surface area contributed by atoms with Crippen LogP contribution in [0.15, 0.2) is 18.2 Å². The number of nitrogens with zero attached hydrogens (tertiary/aromatic N) is 1. The molecule has 1 heterocycles. The monoisotopic (exact) mass is 292 g/mol. The van der Waals surface area contributed by atoms with Crippen molar-refractivity contribution in [3.8, 4) is 5.75 Å². The van der Waals surface area contributed by atoms with Gasteiger partial charge >= 0.3 is 6.09 Å². The number of carbonyl (C=O) groups excluding carboxylic acids is 2. The molecule has 21 heavy (non-hydrogen) atoms. The van der Waals surface area contributed by atoms with E-state index in [1.54, 1.807) is 24.0 Å². The first-order chi connectivity index (χ1) is 10.1. The van der Waals surface area contributed by atoms with Gasteiger partial charge in [0.1, 0.15) is 5.75 Å². The van der Waals surface area contributed by atoms with Crippen molar-refractivity contribution in [2.75, 3.05) is 24.6 Å². The highest BCUT2D eigenvalue weighted by Crippen LogP contribution is 2.35. The summed E-state index contributed by atoms with van der Waals surface area (Å²) in [6, 6.07) is 5.29. The number of hydrogen-bond acceptors (Lipinski definition) is 4. The van der Waals surface area contributed by atoms with E-state index in [1.165, 1.54) is 0 Å². The minimum Gasteiger partial charge on any atom is -0.506 e. The molecule has 0 saturated heterocycles. The first-order valence-corrected chi connectivity index (χ1v) is 7.15. The summed E-state index contributed by atoms with van der Waals surface area (Å²) < 4.78 is 4.73. The molecule has 0 atom stereocenters. The molecule has 1 aliphatic rings. The number of phenolic OH excluding ortho intramolecular Hbond substituents is 1. The van der Waals surface area contributed by atoms with Crippen molar-refractivity contribution in [3.05, 3.63) is 23.8 Å². The van der Waals surface area contributed by atoms with Crippen molar-refractivity contribution in [1.82, 2.24) is 5.32 Å². The van der Waals surface area contributed by atoms with Crippen molar-refractivity contribution in [3.63, 3.8) is 0 Å². The van der Waals surface area contributed by atoms with Crippen LogP contribution in [0.1, 0.15) is 25.3 Å². The number of fused-ring (bicyclic) bond motifs is 1. The number of para-hydroxylation sites is 1. The van der Waals surface area contributed by atoms with Gasteiger partial charge in [0.15, 0.2) is 0 Å². The minimum absolute atomic E-state index is 0.116. The number of hydrogen-bond donors (Lipinski definition) is 2. The molecular formula is C15H20N2O4. The Labute approximate surface area is 123 Å². The number of benzene rings is 1. The summed E-state index contributed by atoms with van der Waals surface area (Å²) in [5, 5.41) is 12.5. The van der Waals surface area contributed by atoms with Crippen LogP contribution in [-0.4, -0.2) is 36.8 Å². The zero-order valence-electron chi connectivity index (χ0n) is 12.1. The molecule has 1 aliphatic heterocycles. The number of aryl methyl sites for hydroxylation is 1. The fourth-order valence-corrected chi connectivity index (χ4v) is 2.47. The average molecular weight is 292 g/mol. The molecule has 0 bridgehead atoms. The SMILES string of the molecule is CCOC(=O)NCCC(=O)N1CCCc2cccc(O)c21. The Kier molecular flexibility index (Phi) is 5.03. The van der Waals surface area contributed by atoms with Crippen LogP contribution in [0.3, 0.4) is 0 Å². The maximum Gasteiger partial charge on any atom is 0.407 e. The highest BCUT2D eigenvalue weighted by molar-refractivity contribution is 5.96. The third kappa shape index (κ3) is 3.65. The predicted molar refractivity (Wildman–Crippen MR) is 78.4 cm³/mol. The Morgan fingerprint density at radius 1 is 1.43 bits per heavy atom. The van der Waals surface area contributed by atoms with E-state index in [0.717, 1.165) is 18.4 Å². The van der Waals surface area contributed by atoms with Crippen LogP contribution < -0.4 is 10.2 Å². The molecule has 6 nitrogen and oxygen atoms in total. The van der Waals surface area contributed by atoms with Gasteiger partial charge in [-0.15, -0.1) is 0 Å². The summed E-state index contributed by atoms with van der Waals surface area (Å²) in [6.07, 6.45) is 1.38. The van der Waals surface area contributed by atoms with E-state index in [0.29, 0.717) is 18.8 Å². The zero-order chi connectivity index (χ0) is 15.2. The maximum atomic E-state index is 12.3. The van der Waals surface area contributed by atoms with Crippen LogP contribution >= 0.6 is 0 Å². The van der Waals surface area contributed by atoms with Crippen LogP contribution in [0.25, 0.3) is 0 Å². The second-order valence-electron chi connectivity index (χ2n) is 4.83. The second-order valence-corrected chi connectivity index (χ2v) is 4.83. The van der Waals surface area contributed by atoms with E-state index in [2.05, 4.69) is 5.32 Å². The van der Waals surface area contributed by atoms with E-state index in [9.17, 15) is 14.7 Å². The van der Waals surface area contributed by atoms with E-state index >= 15 is 0 Å². The lowest BCUT2D eigenvalue weighted by molar-refractivity contribution is -0.118. The van der Waals surface area contributed by atoms with Gasteiger partial charge in [0.2, 0.25) is 5.91 Å². The fourth-order valence-electron chi connectivity index (χ4n) is 2.47. The molecule has 2 rings (SSSR count). The molecule has 0 radical (unpaired) electrons. The lowest BCUT2D eigenvalue weighted by Gasteiger charge is -2.30. The van der Waals surface area contributed by atoms with E-state index in [1.807, 2.05) is 6.07 Å². The molecule has 2 amide bonds. The van der Waals surface area contributed by atoms with Gasteiger partial charge in [0.25, 0.3) is 0 Å². The lowest BCUT2D eigenvalue weighted by atomic mass is 10.0. The smallest absolute Gasteiger partial charge is 0.407 e. The van der Waals surface area contributed by atoms with Gasteiger partial charge in [-0.2, -0.15) is 0 Å². The van der Waals surface area contributed by atoms with Crippen LogP contribution in [0.5, 0.6) is 5.75 Å². The molecule has 2 N–H and O–H groups in total. The first-order valence-electron chi connectivity index (χ1n) is 7.15. The van der Waals surface area contributed by atoms with Gasteiger partial charge in [0, 0.05) is 19.5 Å². The molecule has 0 aromatic heterocycles. The van der Waals surface area contributed by atoms with Gasteiger partial charge < -0.3 is 20.1 Å². The fraction of sp³-hybridized carbons (Fsp3) is 0.467. The number of alkyl carbamates (subject to hydrolysis) is 1. The van der Waals surface area contributed by atoms with E-state index in [4.69, 9.17) is 4.74 Å². The van der Waals surface area contributed by atoms with Gasteiger partial charge in [-0.25, -0.2) is 4.79 Å². The van der Waals surface area contributed by atoms with Crippen LogP contribution in [0, 0.1) is 0 Å².